The number of hydrogen-bond acceptors (Lipinski definition) is 18. The third-order valence-corrected chi connectivity index (χ3v) is 10.1. The average molecular weight is 896 g/mol. The highest BCUT2D eigenvalue weighted by molar-refractivity contribution is 5.93. The molecular weight excluding hydrogens is 834 g/mol. The maximum atomic E-state index is 13.4. The molecule has 2 aliphatic rings. The van der Waals surface area contributed by atoms with Crippen molar-refractivity contribution in [3.05, 3.63) is 0 Å². The zero-order valence-electron chi connectivity index (χ0n) is 34.7. The van der Waals surface area contributed by atoms with Crippen molar-refractivity contribution >= 4 is 47.4 Å². The number of aliphatic carboxylic acids is 1. The minimum Gasteiger partial charge on any atom is -0.480 e. The van der Waals surface area contributed by atoms with Crippen LogP contribution in [0.2, 0.25) is 0 Å². The Balaban J connectivity index is 2.21. The predicted molar refractivity (Wildman–Crippen MR) is 207 cm³/mol. The monoisotopic (exact) mass is 895 g/mol. The van der Waals surface area contributed by atoms with Crippen LogP contribution in [-0.4, -0.2) is 188 Å². The Labute approximate surface area is 355 Å². The van der Waals surface area contributed by atoms with E-state index in [-0.39, 0.29) is 12.8 Å². The highest BCUT2D eigenvalue weighted by Crippen LogP contribution is 2.34. The van der Waals surface area contributed by atoms with Crippen molar-refractivity contribution in [3.63, 3.8) is 0 Å². The molecule has 0 bridgehead atoms. The zero-order chi connectivity index (χ0) is 47.0. The molecule has 0 aliphatic carbocycles. The van der Waals surface area contributed by atoms with Gasteiger partial charge in [-0.25, -0.2) is 4.79 Å². The van der Waals surface area contributed by atoms with Crippen LogP contribution in [-0.2, 0) is 52.5 Å². The van der Waals surface area contributed by atoms with Gasteiger partial charge in [0, 0.05) is 18.8 Å². The lowest BCUT2D eigenvalue weighted by atomic mass is 9.87. The number of hydrogen-bond donors (Lipinski definition) is 14. The zero-order valence-corrected chi connectivity index (χ0v) is 34.7. The van der Waals surface area contributed by atoms with Crippen LogP contribution >= 0.6 is 0 Å². The lowest BCUT2D eigenvalue weighted by molar-refractivity contribution is -0.341. The molecule has 0 saturated carbocycles. The molecule has 0 aromatic carbocycles. The number of aliphatic hydroxyl groups excluding tert-OH is 5. The number of carboxylic acid groups (broad SMARTS) is 2. The summed E-state index contributed by atoms with van der Waals surface area (Å²) in [5, 5.41) is 82.0. The smallest absolute Gasteiger partial charge is 0.405 e. The van der Waals surface area contributed by atoms with E-state index < -0.39 is 165 Å². The highest BCUT2D eigenvalue weighted by atomic mass is 16.7. The first-order valence-corrected chi connectivity index (χ1v) is 19.9. The second-order valence-electron chi connectivity index (χ2n) is 15.0. The second-order valence-corrected chi connectivity index (χ2v) is 15.0. The molecule has 0 aromatic rings. The van der Waals surface area contributed by atoms with Gasteiger partial charge in [0.25, 0.3) is 0 Å². The molecule has 2 rings (SSSR count). The third kappa shape index (κ3) is 15.9. The van der Waals surface area contributed by atoms with Crippen molar-refractivity contribution in [1.29, 1.82) is 0 Å². The first kappa shape index (κ1) is 53.5. The van der Waals surface area contributed by atoms with E-state index in [9.17, 15) is 69.0 Å². The number of Topliss-reactive ketones (excluding diaryl/α,β-unsaturated/α-hetero) is 1. The molecule has 0 aromatic heterocycles. The molecule has 2 aliphatic heterocycles. The van der Waals surface area contributed by atoms with Crippen molar-refractivity contribution in [3.8, 4) is 0 Å². The lowest BCUT2D eigenvalue weighted by Gasteiger charge is -2.48. The molecular formula is C36H61N7O19. The van der Waals surface area contributed by atoms with Gasteiger partial charge in [-0.2, -0.15) is 0 Å². The highest BCUT2D eigenvalue weighted by Gasteiger charge is 2.53. The Bertz CT molecular complexity index is 1560. The maximum absolute atomic E-state index is 13.4. The third-order valence-electron chi connectivity index (χ3n) is 10.1. The van der Waals surface area contributed by atoms with Crippen LogP contribution in [0, 0.1) is 5.92 Å². The number of rotatable bonds is 25. The fourth-order valence-electron chi connectivity index (χ4n) is 6.62. The molecule has 16 N–H and O–H groups in total. The van der Waals surface area contributed by atoms with Gasteiger partial charge in [-0.3, -0.25) is 28.8 Å². The van der Waals surface area contributed by atoms with Crippen LogP contribution in [0.3, 0.4) is 0 Å². The Morgan fingerprint density at radius 3 is 1.92 bits per heavy atom. The standard InChI is InChI=1S/C36H61N7O19/c1-14(46)11-18-25(48)26(49)21(12-44)61-35(18)62-27-22(13-45)60-34(56)24(43-36(57)58)28(27)59-17(4)31(52)39-15(2)30(51)42-19(29(38)50)8-9-23(47)41-20(7-5-6-10-37)32(53)40-16(3)33(54)55/h15-22,24-28,34-35,43-45,48-49,56H,5-13,37H2,1-4H3,(H2,38,50)(H,39,52)(H,40,53)(H,41,47)(H,42,51)(H,54,55)(H,57,58). The number of ketones is 1. The molecule has 15 unspecified atom stereocenters. The topological polar surface area (TPSA) is 427 Å². The summed E-state index contributed by atoms with van der Waals surface area (Å²) in [6.45, 7) is 3.37. The summed E-state index contributed by atoms with van der Waals surface area (Å²) in [6, 6.07) is -7.02. The lowest BCUT2D eigenvalue weighted by Crippen LogP contribution is -2.68. The minimum atomic E-state index is -2.02. The van der Waals surface area contributed by atoms with E-state index >= 15 is 0 Å². The van der Waals surface area contributed by atoms with Crippen LogP contribution in [0.5, 0.6) is 0 Å². The van der Waals surface area contributed by atoms with E-state index in [1.54, 1.807) is 0 Å². The summed E-state index contributed by atoms with van der Waals surface area (Å²) in [6.07, 6.45) is -16.9. The predicted octanol–water partition coefficient (Wildman–Crippen LogP) is -6.02. The molecule has 26 nitrogen and oxygen atoms in total. The number of primary amides is 1. The van der Waals surface area contributed by atoms with E-state index in [1.165, 1.54) is 27.7 Å². The van der Waals surface area contributed by atoms with Crippen LogP contribution in [0.25, 0.3) is 0 Å². The van der Waals surface area contributed by atoms with E-state index in [1.807, 2.05) is 5.32 Å². The summed E-state index contributed by atoms with van der Waals surface area (Å²) >= 11 is 0. The number of carboxylic acids is 1. The number of aliphatic hydroxyl groups is 5. The van der Waals surface area contributed by atoms with Crippen LogP contribution < -0.4 is 38.1 Å². The van der Waals surface area contributed by atoms with Crippen molar-refractivity contribution in [2.24, 2.45) is 17.4 Å². The van der Waals surface area contributed by atoms with Gasteiger partial charge >= 0.3 is 12.1 Å². The number of ether oxygens (including phenoxy) is 4. The first-order valence-electron chi connectivity index (χ1n) is 19.9. The Morgan fingerprint density at radius 1 is 0.742 bits per heavy atom. The minimum absolute atomic E-state index is 0.120. The van der Waals surface area contributed by atoms with E-state index in [0.717, 1.165) is 0 Å². The van der Waals surface area contributed by atoms with Crippen molar-refractivity contribution < 1.29 is 93.0 Å². The number of unbranched alkanes of at least 4 members (excludes halogenated alkanes) is 1. The molecule has 2 saturated heterocycles. The molecule has 62 heavy (non-hydrogen) atoms. The number of carbonyl (C=O) groups excluding carboxylic acids is 6. The van der Waals surface area contributed by atoms with Gasteiger partial charge in [-0.05, 0) is 59.9 Å². The largest absolute Gasteiger partial charge is 0.480 e. The summed E-state index contributed by atoms with van der Waals surface area (Å²) < 4.78 is 23.0. The van der Waals surface area contributed by atoms with Crippen molar-refractivity contribution in [2.75, 3.05) is 19.8 Å². The van der Waals surface area contributed by atoms with E-state index in [2.05, 4.69) is 21.3 Å². The van der Waals surface area contributed by atoms with Gasteiger partial charge in [0.15, 0.2) is 12.6 Å². The first-order chi connectivity index (χ1) is 29.1. The number of amides is 6. The summed E-state index contributed by atoms with van der Waals surface area (Å²) in [5.41, 5.74) is 11.0. The SMILES string of the molecule is CC(=O)CC1C(OC2C(CO)OC(O)C(NC(=O)O)C2OC(C)C(=O)NC(C)C(=O)NC(CCC(=O)NC(CCCCN)C(=O)NC(C)C(=O)O)C(N)=O)OC(CO)C(O)C1O. The van der Waals surface area contributed by atoms with Gasteiger partial charge in [-0.1, -0.05) is 0 Å². The van der Waals surface area contributed by atoms with Gasteiger partial charge in [-0.15, -0.1) is 0 Å². The number of carbonyl (C=O) groups is 8. The Hall–Kier alpha value is -4.64. The average Bonchev–Trinajstić information content (AvgIpc) is 3.19. The number of nitrogens with two attached hydrogens (primary N) is 2. The Kier molecular flexibility index (Phi) is 22.0. The van der Waals surface area contributed by atoms with Gasteiger partial charge in [0.2, 0.25) is 29.5 Å². The van der Waals surface area contributed by atoms with Crippen LogP contribution in [0.1, 0.15) is 66.2 Å². The van der Waals surface area contributed by atoms with Gasteiger partial charge in [0.1, 0.15) is 72.6 Å². The molecule has 26 heteroatoms. The van der Waals surface area contributed by atoms with Crippen molar-refractivity contribution in [1.82, 2.24) is 26.6 Å². The Morgan fingerprint density at radius 2 is 1.37 bits per heavy atom. The molecule has 15 atom stereocenters. The van der Waals surface area contributed by atoms with Gasteiger partial charge < -0.3 is 97.5 Å². The summed E-state index contributed by atoms with van der Waals surface area (Å²) in [4.78, 5) is 99.5. The molecule has 0 spiro atoms. The normalized spacial score (nSPS) is 28.5. The molecule has 6 amide bonds. The molecule has 2 heterocycles. The fourth-order valence-corrected chi connectivity index (χ4v) is 6.62. The van der Waals surface area contributed by atoms with E-state index in [4.69, 9.17) is 35.5 Å². The van der Waals surface area contributed by atoms with E-state index in [0.29, 0.717) is 19.4 Å². The van der Waals surface area contributed by atoms with Crippen molar-refractivity contribution in [2.45, 2.75) is 152 Å². The number of nitrogens with one attached hydrogen (secondary N) is 5. The molecule has 354 valence electrons. The maximum Gasteiger partial charge on any atom is 0.405 e. The summed E-state index contributed by atoms with van der Waals surface area (Å²) in [7, 11) is 0. The second kappa shape index (κ2) is 25.5. The van der Waals surface area contributed by atoms with Crippen LogP contribution in [0.15, 0.2) is 0 Å². The quantitative estimate of drug-likeness (QED) is 0.0379. The fraction of sp³-hybridized carbons (Fsp3) is 0.778. The summed E-state index contributed by atoms with van der Waals surface area (Å²) in [5.74, 6) is -7.61. The molecule has 2 fully saturated rings. The van der Waals surface area contributed by atoms with Crippen LogP contribution in [0.4, 0.5) is 4.79 Å². The molecule has 0 radical (unpaired) electrons. The van der Waals surface area contributed by atoms with Gasteiger partial charge in [0.05, 0.1) is 19.3 Å².